The van der Waals surface area contributed by atoms with Crippen molar-refractivity contribution in [2.24, 2.45) is 10.7 Å². The zero-order valence-electron chi connectivity index (χ0n) is 18.3. The van der Waals surface area contributed by atoms with Gasteiger partial charge in [-0.2, -0.15) is 0 Å². The Bertz CT molecular complexity index is 1220. The highest BCUT2D eigenvalue weighted by Gasteiger charge is 2.50. The molecule has 3 N–H and O–H groups in total. The monoisotopic (exact) mass is 462 g/mol. The zero-order valence-corrected chi connectivity index (χ0v) is 19.1. The number of carbonyl (C=O) groups excluding carboxylic acids is 1. The molecular weight excluding hydrogens is 436 g/mol. The highest BCUT2D eigenvalue weighted by molar-refractivity contribution is 7.89. The summed E-state index contributed by atoms with van der Waals surface area (Å²) in [5.41, 5.74) is 7.78. The highest BCUT2D eigenvalue weighted by Crippen LogP contribution is 2.39. The minimum atomic E-state index is -3.36. The maximum atomic E-state index is 13.8. The van der Waals surface area contributed by atoms with Crippen molar-refractivity contribution in [2.75, 3.05) is 5.75 Å². The lowest BCUT2D eigenvalue weighted by atomic mass is 9.83. The number of aliphatic imine (C=N–C) groups is 1. The Balaban J connectivity index is 1.63. The van der Waals surface area contributed by atoms with Crippen molar-refractivity contribution in [1.29, 1.82) is 0 Å². The Hall–Kier alpha value is -3.65. The number of hydrogen-bond acceptors (Lipinski definition) is 5. The molecule has 0 aromatic heterocycles. The summed E-state index contributed by atoms with van der Waals surface area (Å²) in [4.78, 5) is 19.8. The van der Waals surface area contributed by atoms with Crippen molar-refractivity contribution in [2.45, 2.75) is 25.3 Å². The second-order valence-corrected chi connectivity index (χ2v) is 9.75. The van der Waals surface area contributed by atoms with Gasteiger partial charge in [0.2, 0.25) is 16.0 Å². The van der Waals surface area contributed by atoms with Crippen LogP contribution in [0.25, 0.3) is 0 Å². The van der Waals surface area contributed by atoms with Gasteiger partial charge in [0.15, 0.2) is 5.54 Å². The molecule has 1 amide bonds. The molecule has 0 radical (unpaired) electrons. The van der Waals surface area contributed by atoms with Gasteiger partial charge in [-0.25, -0.2) is 13.4 Å². The maximum absolute atomic E-state index is 13.8. The Morgan fingerprint density at radius 1 is 1.06 bits per heavy atom. The molecule has 0 bridgehead atoms. The van der Waals surface area contributed by atoms with Crippen molar-refractivity contribution < 1.29 is 13.2 Å². The predicted octanol–water partition coefficient (Wildman–Crippen LogP) is 3.14. The van der Waals surface area contributed by atoms with E-state index in [2.05, 4.69) is 9.71 Å². The largest absolute Gasteiger partial charge is 0.369 e. The number of rotatable bonds is 7. The molecule has 2 aliphatic rings. The SMILES string of the molecule is CCCS(=O)(=O)NC1=CCC(=CN2C(=O)C(c3ccccc3)(c3ccccc3)N=C2N)C=C1. The molecule has 2 aromatic carbocycles. The quantitative estimate of drug-likeness (QED) is 0.659. The number of guanidine groups is 1. The summed E-state index contributed by atoms with van der Waals surface area (Å²) in [7, 11) is -3.36. The molecule has 4 rings (SSSR count). The number of hydrogen-bond donors (Lipinski definition) is 2. The lowest BCUT2D eigenvalue weighted by molar-refractivity contribution is -0.128. The number of benzene rings is 2. The molecule has 1 aliphatic heterocycles. The van der Waals surface area contributed by atoms with Crippen molar-refractivity contribution >= 4 is 21.9 Å². The van der Waals surface area contributed by atoms with Gasteiger partial charge in [-0.3, -0.25) is 14.4 Å². The minimum Gasteiger partial charge on any atom is -0.369 e. The third-order valence-electron chi connectivity index (χ3n) is 5.52. The third-order valence-corrected chi connectivity index (χ3v) is 7.01. The van der Waals surface area contributed by atoms with Gasteiger partial charge in [-0.15, -0.1) is 0 Å². The van der Waals surface area contributed by atoms with E-state index in [9.17, 15) is 13.2 Å². The van der Waals surface area contributed by atoms with Crippen LogP contribution in [0.15, 0.2) is 101 Å². The molecule has 1 heterocycles. The molecule has 7 nitrogen and oxygen atoms in total. The number of nitrogens with one attached hydrogen (secondary N) is 1. The lowest BCUT2D eigenvalue weighted by Crippen LogP contribution is -2.40. The van der Waals surface area contributed by atoms with E-state index in [0.717, 1.165) is 16.7 Å². The van der Waals surface area contributed by atoms with E-state index in [0.29, 0.717) is 18.5 Å². The smallest absolute Gasteiger partial charge is 0.270 e. The molecule has 0 spiro atoms. The van der Waals surface area contributed by atoms with Gasteiger partial charge < -0.3 is 5.73 Å². The first-order chi connectivity index (χ1) is 15.9. The fourth-order valence-electron chi connectivity index (χ4n) is 3.98. The molecule has 1 aliphatic carbocycles. The van der Waals surface area contributed by atoms with E-state index < -0.39 is 15.6 Å². The van der Waals surface area contributed by atoms with E-state index >= 15 is 0 Å². The Morgan fingerprint density at radius 3 is 2.18 bits per heavy atom. The van der Waals surface area contributed by atoms with E-state index in [4.69, 9.17) is 5.73 Å². The molecular formula is C25H26N4O3S. The number of sulfonamides is 1. The predicted molar refractivity (Wildman–Crippen MR) is 129 cm³/mol. The van der Waals surface area contributed by atoms with E-state index in [1.54, 1.807) is 24.4 Å². The molecule has 33 heavy (non-hydrogen) atoms. The fraction of sp³-hybridized carbons (Fsp3) is 0.200. The van der Waals surface area contributed by atoms with Gasteiger partial charge in [-0.1, -0.05) is 79.7 Å². The summed E-state index contributed by atoms with van der Waals surface area (Å²) in [5, 5.41) is 0. The summed E-state index contributed by atoms with van der Waals surface area (Å²) in [6, 6.07) is 18.7. The number of nitrogens with two attached hydrogens (primary N) is 1. The van der Waals surface area contributed by atoms with Crippen LogP contribution in [-0.4, -0.2) is 30.9 Å². The molecule has 0 unspecified atom stereocenters. The van der Waals surface area contributed by atoms with Crippen LogP contribution in [0.3, 0.4) is 0 Å². The normalized spacial score (nSPS) is 18.9. The first kappa shape index (κ1) is 22.5. The average Bonchev–Trinajstić information content (AvgIpc) is 3.07. The third kappa shape index (κ3) is 4.47. The molecule has 2 aromatic rings. The topological polar surface area (TPSA) is 105 Å². The molecule has 0 fully saturated rings. The van der Waals surface area contributed by atoms with Gasteiger partial charge in [0.1, 0.15) is 0 Å². The van der Waals surface area contributed by atoms with Crippen LogP contribution in [-0.2, 0) is 20.4 Å². The van der Waals surface area contributed by atoms with Crippen LogP contribution in [0.2, 0.25) is 0 Å². The fourth-order valence-corrected chi connectivity index (χ4v) is 5.13. The summed E-state index contributed by atoms with van der Waals surface area (Å²) in [6.45, 7) is 1.81. The van der Waals surface area contributed by atoms with Crippen molar-refractivity contribution in [3.05, 3.63) is 107 Å². The summed E-state index contributed by atoms with van der Waals surface area (Å²) in [6.07, 6.45) is 7.88. The summed E-state index contributed by atoms with van der Waals surface area (Å²) in [5.74, 6) is -0.0965. The minimum absolute atomic E-state index is 0.0667. The Labute approximate surface area is 194 Å². The number of nitrogens with zero attached hydrogens (tertiary/aromatic N) is 2. The van der Waals surface area contributed by atoms with Gasteiger partial charge in [-0.05, 0) is 35.6 Å². The Morgan fingerprint density at radius 2 is 1.67 bits per heavy atom. The Kier molecular flexibility index (Phi) is 6.20. The second kappa shape index (κ2) is 9.07. The van der Waals surface area contributed by atoms with E-state index in [1.165, 1.54) is 4.90 Å². The zero-order chi connectivity index (χ0) is 23.5. The lowest BCUT2D eigenvalue weighted by Gasteiger charge is -2.26. The van der Waals surface area contributed by atoms with Gasteiger partial charge >= 0.3 is 0 Å². The summed E-state index contributed by atoms with van der Waals surface area (Å²) < 4.78 is 26.6. The highest BCUT2D eigenvalue weighted by atomic mass is 32.2. The van der Waals surface area contributed by atoms with Crippen molar-refractivity contribution in [1.82, 2.24) is 9.62 Å². The molecule has 170 valence electrons. The average molecular weight is 463 g/mol. The van der Waals surface area contributed by atoms with Crippen LogP contribution < -0.4 is 10.5 Å². The van der Waals surface area contributed by atoms with E-state index in [-0.39, 0.29) is 17.6 Å². The van der Waals surface area contributed by atoms with Gasteiger partial charge in [0, 0.05) is 11.9 Å². The first-order valence-electron chi connectivity index (χ1n) is 10.7. The summed E-state index contributed by atoms with van der Waals surface area (Å²) >= 11 is 0. The standard InChI is InChI=1S/C25H26N4O3S/c1-2-17-33(31,32)28-22-15-13-19(14-16-22)18-29-23(30)25(27-24(29)26,20-9-5-3-6-10-20)21-11-7-4-8-12-21/h3-13,15-16,18,28H,2,14,17H2,1H3,(H2,26,27). The van der Waals surface area contributed by atoms with Crippen LogP contribution in [0.1, 0.15) is 30.9 Å². The van der Waals surface area contributed by atoms with Crippen molar-refractivity contribution in [3.8, 4) is 0 Å². The number of allylic oxidation sites excluding steroid dienone is 4. The molecule has 0 saturated heterocycles. The maximum Gasteiger partial charge on any atom is 0.270 e. The van der Waals surface area contributed by atoms with E-state index in [1.807, 2.05) is 67.6 Å². The molecule has 8 heteroatoms. The molecule has 0 saturated carbocycles. The van der Waals surface area contributed by atoms with Crippen LogP contribution >= 0.6 is 0 Å². The van der Waals surface area contributed by atoms with Gasteiger partial charge in [0.05, 0.1) is 5.75 Å². The van der Waals surface area contributed by atoms with Crippen LogP contribution in [0.4, 0.5) is 0 Å². The number of amides is 1. The van der Waals surface area contributed by atoms with Crippen LogP contribution in [0.5, 0.6) is 0 Å². The molecule has 0 atom stereocenters. The second-order valence-electron chi connectivity index (χ2n) is 7.91. The number of carbonyl (C=O) groups is 1. The first-order valence-corrected chi connectivity index (χ1v) is 12.4. The van der Waals surface area contributed by atoms with Crippen molar-refractivity contribution in [3.63, 3.8) is 0 Å². The van der Waals surface area contributed by atoms with Gasteiger partial charge in [0.25, 0.3) is 5.91 Å². The van der Waals surface area contributed by atoms with Crippen LogP contribution in [0, 0.1) is 0 Å².